The minimum atomic E-state index is -0.662. The van der Waals surface area contributed by atoms with Gasteiger partial charge in [-0.05, 0) is 85.3 Å². The SMILES string of the molecule is Cc1ccc2c(c1CP(c1ccccc1)c1ccccc1)-c1c(ccc(C)c1CP(c1ccccc1)c1ccccc1)OCCO2. The number of rotatable bonds is 8. The predicted molar refractivity (Wildman–Crippen MR) is 198 cm³/mol. The van der Waals surface area contributed by atoms with Crippen molar-refractivity contribution < 1.29 is 9.47 Å². The van der Waals surface area contributed by atoms with Gasteiger partial charge in [-0.3, -0.25) is 0 Å². The van der Waals surface area contributed by atoms with Crippen molar-refractivity contribution in [3.05, 3.63) is 168 Å². The van der Waals surface area contributed by atoms with Crippen molar-refractivity contribution in [3.63, 3.8) is 0 Å². The van der Waals surface area contributed by atoms with Crippen LogP contribution in [0.15, 0.2) is 146 Å². The normalized spacial score (nSPS) is 12.4. The molecule has 0 atom stereocenters. The first kappa shape index (κ1) is 30.4. The molecule has 4 heteroatoms. The molecule has 0 saturated carbocycles. The monoisotopic (exact) mass is 636 g/mol. The van der Waals surface area contributed by atoms with E-state index in [4.69, 9.17) is 9.47 Å². The van der Waals surface area contributed by atoms with Gasteiger partial charge in [0.05, 0.1) is 0 Å². The quantitative estimate of drug-likeness (QED) is 0.155. The van der Waals surface area contributed by atoms with Crippen molar-refractivity contribution in [2.75, 3.05) is 13.2 Å². The maximum Gasteiger partial charge on any atom is 0.127 e. The molecule has 0 spiro atoms. The van der Waals surface area contributed by atoms with Crippen LogP contribution in [-0.2, 0) is 12.3 Å². The highest BCUT2D eigenvalue weighted by Gasteiger charge is 2.28. The van der Waals surface area contributed by atoms with Crippen LogP contribution in [0.25, 0.3) is 11.1 Å². The molecule has 228 valence electrons. The zero-order valence-electron chi connectivity index (χ0n) is 26.4. The van der Waals surface area contributed by atoms with Crippen LogP contribution in [0.2, 0.25) is 0 Å². The summed E-state index contributed by atoms with van der Waals surface area (Å²) in [7, 11) is -1.32. The standard InChI is InChI=1S/C42H38O2P2/c1-31-23-25-39-41(37(31)29-45(33-15-7-3-8-16-33)34-17-9-4-10-18-34)42-38(32(2)24-26-40(42)44-28-27-43-39)30-46(35-19-11-5-12-20-35)36-21-13-6-14-22-36/h3-26H,27-30H2,1-2H3. The van der Waals surface area contributed by atoms with Gasteiger partial charge < -0.3 is 9.47 Å². The molecule has 1 heterocycles. The highest BCUT2D eigenvalue weighted by atomic mass is 31.1. The summed E-state index contributed by atoms with van der Waals surface area (Å²) in [5, 5.41) is 5.52. The van der Waals surface area contributed by atoms with E-state index in [1.807, 2.05) is 0 Å². The van der Waals surface area contributed by atoms with Crippen molar-refractivity contribution in [2.45, 2.75) is 26.2 Å². The fraction of sp³-hybridized carbons (Fsp3) is 0.143. The molecule has 0 fully saturated rings. The Morgan fingerprint density at radius 3 is 1.02 bits per heavy atom. The van der Waals surface area contributed by atoms with Crippen molar-refractivity contribution in [3.8, 4) is 22.6 Å². The van der Waals surface area contributed by atoms with E-state index in [-0.39, 0.29) is 0 Å². The third-order valence-corrected chi connectivity index (χ3v) is 13.7. The van der Waals surface area contributed by atoms with Crippen molar-refractivity contribution in [2.24, 2.45) is 0 Å². The second kappa shape index (κ2) is 14.0. The average molecular weight is 637 g/mol. The Bertz CT molecular complexity index is 1690. The summed E-state index contributed by atoms with van der Waals surface area (Å²) in [6.45, 7) is 5.56. The van der Waals surface area contributed by atoms with Crippen molar-refractivity contribution in [1.82, 2.24) is 0 Å². The van der Waals surface area contributed by atoms with E-state index >= 15 is 0 Å². The first-order valence-electron chi connectivity index (χ1n) is 15.9. The van der Waals surface area contributed by atoms with E-state index in [0.29, 0.717) is 13.2 Å². The molecule has 0 N–H and O–H groups in total. The first-order chi connectivity index (χ1) is 22.7. The number of hydrogen-bond acceptors (Lipinski definition) is 2. The number of hydrogen-bond donors (Lipinski definition) is 0. The van der Waals surface area contributed by atoms with Crippen LogP contribution in [0.4, 0.5) is 0 Å². The van der Waals surface area contributed by atoms with Crippen LogP contribution >= 0.6 is 15.8 Å². The van der Waals surface area contributed by atoms with Gasteiger partial charge in [-0.2, -0.15) is 0 Å². The molecule has 46 heavy (non-hydrogen) atoms. The molecule has 0 amide bonds. The first-order valence-corrected chi connectivity index (χ1v) is 19.0. The van der Waals surface area contributed by atoms with Crippen LogP contribution in [-0.4, -0.2) is 13.2 Å². The minimum absolute atomic E-state index is 0.519. The van der Waals surface area contributed by atoms with Crippen molar-refractivity contribution >= 4 is 37.1 Å². The summed E-state index contributed by atoms with van der Waals surface area (Å²) in [5.41, 5.74) is 7.66. The number of fused-ring (bicyclic) bond motifs is 3. The van der Waals surface area contributed by atoms with E-state index in [2.05, 4.69) is 159 Å². The topological polar surface area (TPSA) is 18.5 Å². The van der Waals surface area contributed by atoms with Gasteiger partial charge in [0.25, 0.3) is 0 Å². The fourth-order valence-corrected chi connectivity index (χ4v) is 11.3. The summed E-state index contributed by atoms with van der Waals surface area (Å²) in [4.78, 5) is 0. The Hall–Kier alpha value is -4.22. The second-order valence-electron chi connectivity index (χ2n) is 11.7. The lowest BCUT2D eigenvalue weighted by Gasteiger charge is -2.29. The Morgan fingerprint density at radius 2 is 0.717 bits per heavy atom. The Morgan fingerprint density at radius 1 is 0.413 bits per heavy atom. The molecule has 0 unspecified atom stereocenters. The molecule has 1 aliphatic rings. The third-order valence-electron chi connectivity index (χ3n) is 8.77. The Kier molecular flexibility index (Phi) is 9.29. The van der Waals surface area contributed by atoms with E-state index in [1.165, 1.54) is 54.6 Å². The van der Waals surface area contributed by atoms with Crippen LogP contribution < -0.4 is 30.7 Å². The Balaban J connectivity index is 1.43. The molecule has 7 rings (SSSR count). The predicted octanol–water partition coefficient (Wildman–Crippen LogP) is 9.01. The maximum absolute atomic E-state index is 6.53. The number of ether oxygens (including phenoxy) is 2. The lowest BCUT2D eigenvalue weighted by molar-refractivity contribution is 0.214. The largest absolute Gasteiger partial charge is 0.489 e. The summed E-state index contributed by atoms with van der Waals surface area (Å²) >= 11 is 0. The lowest BCUT2D eigenvalue weighted by atomic mass is 9.90. The van der Waals surface area contributed by atoms with Crippen LogP contribution in [0.1, 0.15) is 22.3 Å². The second-order valence-corrected chi connectivity index (χ2v) is 16.1. The zero-order chi connectivity index (χ0) is 31.3. The molecule has 0 aliphatic carbocycles. The summed E-state index contributed by atoms with van der Waals surface area (Å²) < 4.78 is 13.1. The molecule has 0 saturated heterocycles. The van der Waals surface area contributed by atoms with E-state index in [9.17, 15) is 0 Å². The van der Waals surface area contributed by atoms with E-state index in [0.717, 1.165) is 23.8 Å². The summed E-state index contributed by atoms with van der Waals surface area (Å²) in [6, 6.07) is 52.9. The van der Waals surface area contributed by atoms with Gasteiger partial charge in [-0.1, -0.05) is 133 Å². The number of aryl methyl sites for hydroxylation is 2. The molecule has 1 aliphatic heterocycles. The van der Waals surface area contributed by atoms with Crippen LogP contribution in [0.3, 0.4) is 0 Å². The molecule has 0 radical (unpaired) electrons. The summed E-state index contributed by atoms with van der Waals surface area (Å²) in [6.07, 6.45) is 1.83. The third kappa shape index (κ3) is 6.39. The minimum Gasteiger partial charge on any atom is -0.489 e. The van der Waals surface area contributed by atoms with Crippen LogP contribution in [0.5, 0.6) is 11.5 Å². The van der Waals surface area contributed by atoms with Gasteiger partial charge in [-0.25, -0.2) is 0 Å². The molecule has 6 aromatic rings. The summed E-state index contributed by atoms with van der Waals surface area (Å²) in [5.74, 6) is 1.91. The molecular formula is C42H38O2P2. The fourth-order valence-electron chi connectivity index (χ4n) is 6.37. The van der Waals surface area contributed by atoms with Gasteiger partial charge in [0.1, 0.15) is 24.7 Å². The van der Waals surface area contributed by atoms with Gasteiger partial charge in [0.2, 0.25) is 0 Å². The molecule has 2 nitrogen and oxygen atoms in total. The van der Waals surface area contributed by atoms with Gasteiger partial charge in [0, 0.05) is 23.5 Å². The van der Waals surface area contributed by atoms with E-state index in [1.54, 1.807) is 0 Å². The maximum atomic E-state index is 6.53. The Labute approximate surface area is 275 Å². The van der Waals surface area contributed by atoms with E-state index < -0.39 is 15.8 Å². The van der Waals surface area contributed by atoms with Gasteiger partial charge >= 0.3 is 0 Å². The van der Waals surface area contributed by atoms with Gasteiger partial charge in [0.15, 0.2) is 0 Å². The lowest BCUT2D eigenvalue weighted by Crippen LogP contribution is -2.18. The van der Waals surface area contributed by atoms with Crippen LogP contribution in [0, 0.1) is 13.8 Å². The van der Waals surface area contributed by atoms with Gasteiger partial charge in [-0.15, -0.1) is 0 Å². The average Bonchev–Trinajstić information content (AvgIpc) is 3.10. The molecule has 6 aromatic carbocycles. The smallest absolute Gasteiger partial charge is 0.127 e. The molecular weight excluding hydrogens is 598 g/mol. The van der Waals surface area contributed by atoms with Crippen molar-refractivity contribution in [1.29, 1.82) is 0 Å². The highest BCUT2D eigenvalue weighted by molar-refractivity contribution is 7.72. The highest BCUT2D eigenvalue weighted by Crippen LogP contribution is 2.51. The molecule has 0 aromatic heterocycles. The number of benzene rings is 6. The molecule has 0 bridgehead atoms. The zero-order valence-corrected chi connectivity index (χ0v) is 28.2.